The van der Waals surface area contributed by atoms with E-state index < -0.39 is 12.0 Å². The molecule has 0 bridgehead atoms. The number of anilines is 1. The van der Waals surface area contributed by atoms with Gasteiger partial charge in [-0.05, 0) is 36.7 Å². The largest absolute Gasteiger partial charge is 0.464 e. The van der Waals surface area contributed by atoms with Crippen molar-refractivity contribution in [3.8, 4) is 6.07 Å². The lowest BCUT2D eigenvalue weighted by molar-refractivity contribution is 0.0594. The fourth-order valence-corrected chi connectivity index (χ4v) is 4.47. The van der Waals surface area contributed by atoms with Gasteiger partial charge in [-0.15, -0.1) is 11.3 Å². The van der Waals surface area contributed by atoms with E-state index in [1.54, 1.807) is 0 Å². The van der Waals surface area contributed by atoms with Crippen LogP contribution in [0.5, 0.6) is 0 Å². The molecule has 0 saturated heterocycles. The van der Waals surface area contributed by atoms with E-state index in [2.05, 4.69) is 35.0 Å². The van der Waals surface area contributed by atoms with E-state index in [0.717, 1.165) is 24.8 Å². The van der Waals surface area contributed by atoms with E-state index in [-0.39, 0.29) is 5.69 Å². The molecule has 1 aliphatic carbocycles. The Bertz CT molecular complexity index is 891. The number of fused-ring (bicyclic) bond motifs is 1. The molecule has 26 heavy (non-hydrogen) atoms. The lowest BCUT2D eigenvalue weighted by Crippen LogP contribution is -2.18. The molecule has 0 aliphatic heterocycles. The Kier molecular flexibility index (Phi) is 5.09. The second kappa shape index (κ2) is 7.30. The van der Waals surface area contributed by atoms with E-state index in [0.29, 0.717) is 22.4 Å². The van der Waals surface area contributed by atoms with Gasteiger partial charge < -0.3 is 4.74 Å². The summed E-state index contributed by atoms with van der Waals surface area (Å²) in [4.78, 5) is 28.9. The minimum Gasteiger partial charge on any atom is -0.464 e. The van der Waals surface area contributed by atoms with E-state index in [1.807, 2.05) is 0 Å². The van der Waals surface area contributed by atoms with Crippen LogP contribution in [0.2, 0.25) is 0 Å². The number of carbonyl (C=O) groups excluding carboxylic acids is 2. The van der Waals surface area contributed by atoms with Gasteiger partial charge in [0, 0.05) is 11.1 Å². The molecule has 0 saturated carbocycles. The molecule has 0 spiro atoms. The molecule has 3 rings (SSSR count). The SMILES string of the molecule is COC(=O)c1cn(C(=O)Nc2sc3c(c2C#N)CCC(C(C)C)C3)cn1. The van der Waals surface area contributed by atoms with Crippen LogP contribution < -0.4 is 5.32 Å². The molecule has 1 atom stereocenters. The van der Waals surface area contributed by atoms with Gasteiger partial charge in [0.05, 0.1) is 12.7 Å². The molecule has 1 aliphatic rings. The summed E-state index contributed by atoms with van der Waals surface area (Å²) in [6.45, 7) is 4.43. The number of nitrogens with zero attached hydrogens (tertiary/aromatic N) is 3. The van der Waals surface area contributed by atoms with Gasteiger partial charge in [-0.3, -0.25) is 9.88 Å². The number of esters is 1. The minimum atomic E-state index is -0.611. The van der Waals surface area contributed by atoms with Crippen molar-refractivity contribution in [1.82, 2.24) is 9.55 Å². The zero-order valence-corrected chi connectivity index (χ0v) is 15.7. The zero-order valence-electron chi connectivity index (χ0n) is 14.9. The summed E-state index contributed by atoms with van der Waals surface area (Å²) < 4.78 is 5.75. The lowest BCUT2D eigenvalue weighted by atomic mass is 9.81. The standard InChI is InChI=1S/C18H20N4O3S/c1-10(2)11-4-5-12-13(7-19)16(26-15(12)6-11)21-18(24)22-8-14(20-9-22)17(23)25-3/h8-11H,4-6H2,1-3H3,(H,21,24). The number of ether oxygens (including phenoxy) is 1. The predicted molar refractivity (Wildman–Crippen MR) is 97.4 cm³/mol. The third-order valence-corrected chi connectivity index (χ3v) is 5.96. The summed E-state index contributed by atoms with van der Waals surface area (Å²) in [5.74, 6) is 0.588. The Morgan fingerprint density at radius 1 is 1.50 bits per heavy atom. The lowest BCUT2D eigenvalue weighted by Gasteiger charge is -2.25. The van der Waals surface area contributed by atoms with Crippen molar-refractivity contribution >= 4 is 28.3 Å². The second-order valence-electron chi connectivity index (χ2n) is 6.65. The van der Waals surface area contributed by atoms with Crippen LogP contribution in [-0.2, 0) is 17.6 Å². The van der Waals surface area contributed by atoms with Crippen molar-refractivity contribution in [2.45, 2.75) is 33.1 Å². The quantitative estimate of drug-likeness (QED) is 0.832. The van der Waals surface area contributed by atoms with Crippen molar-refractivity contribution in [3.05, 3.63) is 34.2 Å². The van der Waals surface area contributed by atoms with Crippen molar-refractivity contribution in [2.24, 2.45) is 11.8 Å². The molecule has 2 heterocycles. The Morgan fingerprint density at radius 2 is 2.27 bits per heavy atom. The third kappa shape index (κ3) is 3.35. The molecule has 0 fully saturated rings. The van der Waals surface area contributed by atoms with Gasteiger partial charge in [0.15, 0.2) is 5.69 Å². The smallest absolute Gasteiger partial charge is 0.358 e. The van der Waals surface area contributed by atoms with E-state index in [1.165, 1.54) is 40.4 Å². The Morgan fingerprint density at radius 3 is 2.92 bits per heavy atom. The number of methoxy groups -OCH3 is 1. The summed E-state index contributed by atoms with van der Waals surface area (Å²) in [5, 5.41) is 12.9. The molecule has 0 radical (unpaired) electrons. The van der Waals surface area contributed by atoms with Gasteiger partial charge in [0.1, 0.15) is 17.4 Å². The van der Waals surface area contributed by atoms with Gasteiger partial charge in [-0.1, -0.05) is 13.8 Å². The molecular weight excluding hydrogens is 352 g/mol. The second-order valence-corrected chi connectivity index (χ2v) is 7.76. The number of carbonyl (C=O) groups is 2. The third-order valence-electron chi connectivity index (χ3n) is 4.79. The maximum absolute atomic E-state index is 12.4. The zero-order chi connectivity index (χ0) is 18.8. The maximum Gasteiger partial charge on any atom is 0.358 e. The Labute approximate surface area is 155 Å². The van der Waals surface area contributed by atoms with E-state index in [4.69, 9.17) is 0 Å². The average molecular weight is 372 g/mol. The number of nitriles is 1. The van der Waals surface area contributed by atoms with Gasteiger partial charge in [-0.2, -0.15) is 5.26 Å². The van der Waals surface area contributed by atoms with Crippen molar-refractivity contribution in [1.29, 1.82) is 5.26 Å². The molecule has 8 heteroatoms. The number of hydrogen-bond acceptors (Lipinski definition) is 6. The van der Waals surface area contributed by atoms with Crippen LogP contribution in [0.3, 0.4) is 0 Å². The van der Waals surface area contributed by atoms with Crippen LogP contribution in [-0.4, -0.2) is 28.7 Å². The summed E-state index contributed by atoms with van der Waals surface area (Å²) >= 11 is 1.47. The van der Waals surface area contributed by atoms with Gasteiger partial charge in [0.2, 0.25) is 0 Å². The van der Waals surface area contributed by atoms with Crippen molar-refractivity contribution in [3.63, 3.8) is 0 Å². The number of rotatable bonds is 3. The van der Waals surface area contributed by atoms with Gasteiger partial charge in [-0.25, -0.2) is 14.6 Å². The van der Waals surface area contributed by atoms with Crippen LogP contribution in [0.15, 0.2) is 12.5 Å². The van der Waals surface area contributed by atoms with Crippen LogP contribution in [0, 0.1) is 23.2 Å². The molecule has 2 aromatic heterocycles. The molecular formula is C18H20N4O3S. The highest BCUT2D eigenvalue weighted by molar-refractivity contribution is 7.16. The Hall–Kier alpha value is -2.66. The fourth-order valence-electron chi connectivity index (χ4n) is 3.19. The van der Waals surface area contributed by atoms with E-state index >= 15 is 0 Å². The summed E-state index contributed by atoms with van der Waals surface area (Å²) in [5.41, 5.74) is 1.66. The number of aromatic nitrogens is 2. The predicted octanol–water partition coefficient (Wildman–Crippen LogP) is 3.44. The van der Waals surface area contributed by atoms with Crippen LogP contribution >= 0.6 is 11.3 Å². The fraction of sp³-hybridized carbons (Fsp3) is 0.444. The van der Waals surface area contributed by atoms with Crippen LogP contribution in [0.1, 0.15) is 46.8 Å². The first-order valence-electron chi connectivity index (χ1n) is 8.42. The number of amides is 1. The van der Waals surface area contributed by atoms with Gasteiger partial charge in [0.25, 0.3) is 0 Å². The highest BCUT2D eigenvalue weighted by Crippen LogP contribution is 2.41. The topological polar surface area (TPSA) is 97.0 Å². The van der Waals surface area contributed by atoms with Crippen molar-refractivity contribution in [2.75, 3.05) is 12.4 Å². The molecule has 0 aromatic carbocycles. The summed E-state index contributed by atoms with van der Waals surface area (Å²) in [6.07, 6.45) is 5.42. The number of thiophene rings is 1. The average Bonchev–Trinajstić information content (AvgIpc) is 3.24. The molecule has 1 N–H and O–H groups in total. The normalized spacial score (nSPS) is 16.0. The molecule has 2 aromatic rings. The first kappa shape index (κ1) is 18.1. The highest BCUT2D eigenvalue weighted by atomic mass is 32.1. The Balaban J connectivity index is 1.82. The monoisotopic (exact) mass is 372 g/mol. The molecule has 7 nitrogen and oxygen atoms in total. The first-order valence-corrected chi connectivity index (χ1v) is 9.24. The summed E-state index contributed by atoms with van der Waals surface area (Å²) in [6, 6.07) is 1.76. The first-order chi connectivity index (χ1) is 12.4. The van der Waals surface area contributed by atoms with Crippen LogP contribution in [0.25, 0.3) is 0 Å². The molecule has 1 amide bonds. The number of imidazole rings is 1. The van der Waals surface area contributed by atoms with Crippen LogP contribution in [0.4, 0.5) is 9.80 Å². The maximum atomic E-state index is 12.4. The molecule has 136 valence electrons. The summed E-state index contributed by atoms with van der Waals surface area (Å²) in [7, 11) is 1.25. The van der Waals surface area contributed by atoms with E-state index in [9.17, 15) is 14.9 Å². The molecule has 1 unspecified atom stereocenters. The number of hydrogen-bond donors (Lipinski definition) is 1. The van der Waals surface area contributed by atoms with Crippen molar-refractivity contribution < 1.29 is 14.3 Å². The minimum absolute atomic E-state index is 0.0494. The highest BCUT2D eigenvalue weighted by Gasteiger charge is 2.28. The van der Waals surface area contributed by atoms with Gasteiger partial charge >= 0.3 is 12.0 Å². The number of nitrogens with one attached hydrogen (secondary N) is 1.